The van der Waals surface area contributed by atoms with Gasteiger partial charge in [0.15, 0.2) is 5.16 Å². The molecule has 0 unspecified atom stereocenters. The number of amides is 1. The highest BCUT2D eigenvalue weighted by Gasteiger charge is 2.27. The normalized spacial score (nSPS) is 14.6. The summed E-state index contributed by atoms with van der Waals surface area (Å²) in [4.78, 5) is 20.4. The van der Waals surface area contributed by atoms with Gasteiger partial charge in [0.05, 0.1) is 42.9 Å². The number of benzene rings is 1. The Labute approximate surface area is 183 Å². The molecule has 13 heteroatoms. The summed E-state index contributed by atoms with van der Waals surface area (Å²) < 4.78 is 37.6. The van der Waals surface area contributed by atoms with Crippen LogP contribution in [0.3, 0.4) is 0 Å². The number of nitrogens with one attached hydrogen (secondary N) is 1. The maximum atomic E-state index is 12.9. The van der Waals surface area contributed by atoms with Gasteiger partial charge in [-0.1, -0.05) is 11.8 Å². The number of methoxy groups -OCH3 is 1. The summed E-state index contributed by atoms with van der Waals surface area (Å²) in [6.07, 6.45) is 1.28. The summed E-state index contributed by atoms with van der Waals surface area (Å²) in [6.45, 7) is 1.19. The zero-order valence-corrected chi connectivity index (χ0v) is 18.2. The third-order valence-electron chi connectivity index (χ3n) is 4.30. The van der Waals surface area contributed by atoms with Crippen molar-refractivity contribution in [3.05, 3.63) is 30.0 Å². The number of ether oxygens (including phenoxy) is 2. The molecule has 3 N–H and O–H groups in total. The molecule has 0 aliphatic carbocycles. The van der Waals surface area contributed by atoms with Crippen LogP contribution in [0.15, 0.2) is 34.4 Å². The van der Waals surface area contributed by atoms with Crippen LogP contribution in [-0.2, 0) is 19.6 Å². The molecule has 0 spiro atoms. The van der Waals surface area contributed by atoms with Gasteiger partial charge in [0.1, 0.15) is 23.2 Å². The number of nitrogens with zero attached hydrogens (tertiary/aromatic N) is 4. The largest absolute Gasteiger partial charge is 0.495 e. The smallest absolute Gasteiger partial charge is 0.243 e. The lowest BCUT2D eigenvalue weighted by Gasteiger charge is -2.26. The number of nitrogens with two attached hydrogens (primary N) is 1. The first-order valence-electron chi connectivity index (χ1n) is 9.06. The van der Waals surface area contributed by atoms with Crippen LogP contribution >= 0.6 is 11.8 Å². The number of hydrogen-bond donors (Lipinski definition) is 2. The first kappa shape index (κ1) is 22.8. The molecule has 31 heavy (non-hydrogen) atoms. The first-order valence-corrected chi connectivity index (χ1v) is 11.5. The predicted molar refractivity (Wildman–Crippen MR) is 113 cm³/mol. The molecule has 1 aromatic carbocycles. The van der Waals surface area contributed by atoms with Gasteiger partial charge in [0, 0.05) is 13.1 Å². The van der Waals surface area contributed by atoms with Gasteiger partial charge < -0.3 is 20.5 Å². The number of rotatable bonds is 7. The van der Waals surface area contributed by atoms with Crippen molar-refractivity contribution in [2.45, 2.75) is 10.1 Å². The number of hydrogen-bond acceptors (Lipinski definition) is 10. The molecule has 1 fully saturated rings. The van der Waals surface area contributed by atoms with Gasteiger partial charge in [-0.2, -0.15) is 9.57 Å². The summed E-state index contributed by atoms with van der Waals surface area (Å²) in [5.41, 5.74) is 6.02. The lowest BCUT2D eigenvalue weighted by molar-refractivity contribution is -0.113. The van der Waals surface area contributed by atoms with Crippen molar-refractivity contribution in [3.63, 3.8) is 0 Å². The molecular weight excluding hydrogens is 444 g/mol. The predicted octanol–water partition coefficient (Wildman–Crippen LogP) is 0.691. The molecule has 0 bridgehead atoms. The molecule has 1 aliphatic rings. The average Bonchev–Trinajstić information content (AvgIpc) is 2.78. The van der Waals surface area contributed by atoms with Crippen molar-refractivity contribution < 1.29 is 22.7 Å². The van der Waals surface area contributed by atoms with Gasteiger partial charge in [-0.3, -0.25) is 4.79 Å². The van der Waals surface area contributed by atoms with Crippen LogP contribution in [0.25, 0.3) is 0 Å². The second-order valence-electron chi connectivity index (χ2n) is 6.28. The van der Waals surface area contributed by atoms with E-state index in [-0.39, 0.29) is 46.0 Å². The van der Waals surface area contributed by atoms with Crippen LogP contribution in [0, 0.1) is 11.3 Å². The summed E-state index contributed by atoms with van der Waals surface area (Å²) in [5.74, 6) is -0.133. The molecule has 0 radical (unpaired) electrons. The summed E-state index contributed by atoms with van der Waals surface area (Å²) >= 11 is 1.02. The monoisotopic (exact) mass is 464 g/mol. The maximum Gasteiger partial charge on any atom is 0.243 e. The number of nitriles is 1. The zero-order chi connectivity index (χ0) is 22.4. The highest BCUT2D eigenvalue weighted by Crippen LogP contribution is 2.29. The van der Waals surface area contributed by atoms with Crippen molar-refractivity contribution in [1.29, 1.82) is 5.26 Å². The van der Waals surface area contributed by atoms with Gasteiger partial charge in [-0.25, -0.2) is 18.4 Å². The van der Waals surface area contributed by atoms with Crippen LogP contribution < -0.4 is 15.8 Å². The Kier molecular flexibility index (Phi) is 7.29. The maximum absolute atomic E-state index is 12.9. The Morgan fingerprint density at radius 1 is 1.42 bits per heavy atom. The van der Waals surface area contributed by atoms with Gasteiger partial charge in [0.2, 0.25) is 15.9 Å². The van der Waals surface area contributed by atoms with E-state index in [1.165, 1.54) is 35.8 Å². The summed E-state index contributed by atoms with van der Waals surface area (Å²) in [5, 5.41) is 11.7. The van der Waals surface area contributed by atoms with E-state index in [0.29, 0.717) is 19.0 Å². The highest BCUT2D eigenvalue weighted by atomic mass is 32.2. The SMILES string of the molecule is COc1ccc(S(=O)(=O)N2CCOCC2)cc1NC(=O)CSc1ncc(C#N)c(N)n1. The third kappa shape index (κ3) is 5.42. The van der Waals surface area contributed by atoms with Crippen LogP contribution in [0.1, 0.15) is 5.56 Å². The Balaban J connectivity index is 1.72. The van der Waals surface area contributed by atoms with Gasteiger partial charge in [0.25, 0.3) is 0 Å². The number of anilines is 2. The Bertz CT molecular complexity index is 1110. The molecular formula is C18H20N6O5S2. The van der Waals surface area contributed by atoms with E-state index in [1.54, 1.807) is 0 Å². The molecule has 2 aromatic rings. The second kappa shape index (κ2) is 9.92. The van der Waals surface area contributed by atoms with Crippen LogP contribution in [-0.4, -0.2) is 67.8 Å². The minimum atomic E-state index is -3.73. The third-order valence-corrected chi connectivity index (χ3v) is 7.06. The highest BCUT2D eigenvalue weighted by molar-refractivity contribution is 7.99. The molecule has 0 saturated carbocycles. The van der Waals surface area contributed by atoms with Gasteiger partial charge in [-0.05, 0) is 18.2 Å². The second-order valence-corrected chi connectivity index (χ2v) is 9.16. The molecule has 11 nitrogen and oxygen atoms in total. The van der Waals surface area contributed by atoms with Crippen molar-refractivity contribution in [3.8, 4) is 11.8 Å². The fourth-order valence-corrected chi connectivity index (χ4v) is 4.79. The Morgan fingerprint density at radius 3 is 2.81 bits per heavy atom. The molecule has 1 saturated heterocycles. The van der Waals surface area contributed by atoms with Crippen molar-refractivity contribution >= 4 is 39.2 Å². The molecule has 3 rings (SSSR count). The number of nitrogen functional groups attached to an aromatic ring is 1. The van der Waals surface area contributed by atoms with Gasteiger partial charge in [-0.15, -0.1) is 0 Å². The summed E-state index contributed by atoms with van der Waals surface area (Å²) in [7, 11) is -2.31. The molecule has 2 heterocycles. The fourth-order valence-electron chi connectivity index (χ4n) is 2.73. The summed E-state index contributed by atoms with van der Waals surface area (Å²) in [6, 6.07) is 6.14. The average molecular weight is 465 g/mol. The lowest BCUT2D eigenvalue weighted by atomic mass is 10.3. The molecule has 1 aliphatic heterocycles. The lowest BCUT2D eigenvalue weighted by Crippen LogP contribution is -2.40. The van der Waals surface area contributed by atoms with Crippen LogP contribution in [0.2, 0.25) is 0 Å². The number of aromatic nitrogens is 2. The van der Waals surface area contributed by atoms with Crippen LogP contribution in [0.4, 0.5) is 11.5 Å². The van der Waals surface area contributed by atoms with Crippen molar-refractivity contribution in [2.75, 3.05) is 50.2 Å². The van der Waals surface area contributed by atoms with E-state index >= 15 is 0 Å². The molecule has 1 amide bonds. The van der Waals surface area contributed by atoms with E-state index in [9.17, 15) is 13.2 Å². The standard InChI is InChI=1S/C18H20N6O5S2/c1-28-15-3-2-13(31(26,27)24-4-6-29-7-5-24)8-14(15)22-16(25)11-30-18-21-10-12(9-19)17(20)23-18/h2-3,8,10H,4-7,11H2,1H3,(H,22,25)(H2,20,21,23). The Hall–Kier alpha value is -2.92. The van der Waals surface area contributed by atoms with E-state index in [0.717, 1.165) is 11.8 Å². The zero-order valence-electron chi connectivity index (χ0n) is 16.6. The number of morpholine rings is 1. The van der Waals surface area contributed by atoms with E-state index in [2.05, 4.69) is 15.3 Å². The minimum absolute atomic E-state index is 0.0306. The molecule has 1 aromatic heterocycles. The fraction of sp³-hybridized carbons (Fsp3) is 0.333. The van der Waals surface area contributed by atoms with E-state index in [1.807, 2.05) is 6.07 Å². The number of thioether (sulfide) groups is 1. The van der Waals surface area contributed by atoms with E-state index < -0.39 is 15.9 Å². The number of carbonyl (C=O) groups excluding carboxylic acids is 1. The van der Waals surface area contributed by atoms with Crippen LogP contribution in [0.5, 0.6) is 5.75 Å². The quantitative estimate of drug-likeness (QED) is 0.440. The number of carbonyl (C=O) groups is 1. The molecule has 164 valence electrons. The number of sulfonamides is 1. The van der Waals surface area contributed by atoms with Crippen molar-refractivity contribution in [1.82, 2.24) is 14.3 Å². The van der Waals surface area contributed by atoms with Gasteiger partial charge >= 0.3 is 0 Å². The minimum Gasteiger partial charge on any atom is -0.495 e. The van der Waals surface area contributed by atoms with Crippen molar-refractivity contribution in [2.24, 2.45) is 0 Å². The molecule has 0 atom stereocenters. The topological polar surface area (TPSA) is 161 Å². The first-order chi connectivity index (χ1) is 14.8. The van der Waals surface area contributed by atoms with E-state index in [4.69, 9.17) is 20.5 Å². The Morgan fingerprint density at radius 2 is 2.16 bits per heavy atom.